The minimum atomic E-state index is -2.01. The lowest BCUT2D eigenvalue weighted by molar-refractivity contribution is -0.156. The highest BCUT2D eigenvalue weighted by molar-refractivity contribution is 5.92. The molecule has 1 aromatic heterocycles. The number of fused-ring (bicyclic) bond motifs is 1. The number of aliphatic carboxylic acids is 1. The number of rotatable bonds is 5. The molecule has 1 atom stereocenters. The highest BCUT2D eigenvalue weighted by atomic mass is 16.4. The number of hydrogen-bond acceptors (Lipinski definition) is 5. The number of aliphatic hydroxyl groups is 1. The molecule has 1 unspecified atom stereocenters. The number of nitrogens with one attached hydrogen (secondary N) is 1. The van der Waals surface area contributed by atoms with Crippen molar-refractivity contribution in [3.63, 3.8) is 0 Å². The van der Waals surface area contributed by atoms with Crippen molar-refractivity contribution in [2.45, 2.75) is 12.5 Å². The Kier molecular flexibility index (Phi) is 4.04. The van der Waals surface area contributed by atoms with E-state index >= 15 is 0 Å². The second kappa shape index (κ2) is 5.76. The van der Waals surface area contributed by atoms with Crippen LogP contribution in [0.4, 0.5) is 0 Å². The summed E-state index contributed by atoms with van der Waals surface area (Å²) in [6.07, 6.45) is 2.52. The molecular weight excluding hydrogens is 276 g/mol. The molecule has 7 heteroatoms. The summed E-state index contributed by atoms with van der Waals surface area (Å²) in [5, 5.41) is 20.4. The highest BCUT2D eigenvalue weighted by Crippen LogP contribution is 2.15. The van der Waals surface area contributed by atoms with E-state index in [1.165, 1.54) is 6.08 Å². The molecule has 0 aliphatic carbocycles. The fourth-order valence-corrected chi connectivity index (χ4v) is 1.50. The van der Waals surface area contributed by atoms with Crippen molar-refractivity contribution >= 4 is 29.1 Å². The summed E-state index contributed by atoms with van der Waals surface area (Å²) in [7, 11) is 0. The zero-order valence-corrected chi connectivity index (χ0v) is 11.2. The van der Waals surface area contributed by atoms with Gasteiger partial charge in [0.15, 0.2) is 11.2 Å². The van der Waals surface area contributed by atoms with Gasteiger partial charge in [-0.3, -0.25) is 4.79 Å². The molecule has 1 aromatic carbocycles. The Bertz CT molecular complexity index is 669. The van der Waals surface area contributed by atoms with Crippen LogP contribution in [0.3, 0.4) is 0 Å². The van der Waals surface area contributed by atoms with Crippen molar-refractivity contribution in [3.05, 3.63) is 36.2 Å². The largest absolute Gasteiger partial charge is 0.479 e. The van der Waals surface area contributed by atoms with Crippen LogP contribution in [-0.2, 0) is 9.59 Å². The lowest BCUT2D eigenvalue weighted by Crippen LogP contribution is -2.46. The number of aromatic nitrogens is 1. The molecule has 110 valence electrons. The second-order valence-corrected chi connectivity index (χ2v) is 4.65. The molecule has 0 aliphatic heterocycles. The van der Waals surface area contributed by atoms with Gasteiger partial charge in [-0.15, -0.1) is 0 Å². The Labute approximate surface area is 119 Å². The number of amides is 1. The molecule has 1 heterocycles. The number of oxazole rings is 1. The van der Waals surface area contributed by atoms with Gasteiger partial charge in [0.1, 0.15) is 5.52 Å². The number of carbonyl (C=O) groups excluding carboxylic acids is 1. The van der Waals surface area contributed by atoms with Crippen LogP contribution in [0.15, 0.2) is 34.8 Å². The minimum Gasteiger partial charge on any atom is -0.479 e. The summed E-state index contributed by atoms with van der Waals surface area (Å²) in [6, 6.07) is 7.16. The Morgan fingerprint density at radius 2 is 2.14 bits per heavy atom. The molecule has 3 N–H and O–H groups in total. The van der Waals surface area contributed by atoms with Gasteiger partial charge in [-0.1, -0.05) is 12.1 Å². The number of benzene rings is 1. The van der Waals surface area contributed by atoms with Crippen LogP contribution < -0.4 is 5.32 Å². The fourth-order valence-electron chi connectivity index (χ4n) is 1.50. The molecule has 0 fully saturated rings. The highest BCUT2D eigenvalue weighted by Gasteiger charge is 2.29. The first-order valence-corrected chi connectivity index (χ1v) is 6.16. The van der Waals surface area contributed by atoms with Crippen molar-refractivity contribution in [2.75, 3.05) is 6.54 Å². The topological polar surface area (TPSA) is 113 Å². The summed E-state index contributed by atoms with van der Waals surface area (Å²) >= 11 is 0. The summed E-state index contributed by atoms with van der Waals surface area (Å²) in [6.45, 7) is 0.694. The van der Waals surface area contributed by atoms with Crippen molar-refractivity contribution in [3.8, 4) is 0 Å². The summed E-state index contributed by atoms with van der Waals surface area (Å²) in [5.74, 6) is -1.71. The van der Waals surface area contributed by atoms with Crippen LogP contribution in [0.25, 0.3) is 17.2 Å². The smallest absolute Gasteiger partial charge is 0.337 e. The number of hydrogen-bond donors (Lipinski definition) is 3. The molecule has 21 heavy (non-hydrogen) atoms. The Balaban J connectivity index is 1.97. The molecule has 0 spiro atoms. The number of para-hydroxylation sites is 2. The molecular formula is C14H14N2O5. The molecule has 0 aliphatic rings. The third kappa shape index (κ3) is 3.67. The van der Waals surface area contributed by atoms with E-state index < -0.39 is 24.0 Å². The number of carboxylic acids is 1. The molecule has 7 nitrogen and oxygen atoms in total. The zero-order valence-electron chi connectivity index (χ0n) is 11.2. The molecule has 2 aromatic rings. The van der Waals surface area contributed by atoms with Crippen LogP contribution >= 0.6 is 0 Å². The standard InChI is InChI=1S/C14H14N2O5/c1-14(20,13(18)19)8-15-11(17)6-7-12-16-9-4-2-3-5-10(9)21-12/h2-7,20H,8H2,1H3,(H,15,17)(H,18,19). The van der Waals surface area contributed by atoms with E-state index in [4.69, 9.17) is 9.52 Å². The van der Waals surface area contributed by atoms with Gasteiger partial charge in [0.2, 0.25) is 11.8 Å². The van der Waals surface area contributed by atoms with Crippen LogP contribution in [0.2, 0.25) is 0 Å². The van der Waals surface area contributed by atoms with Crippen LogP contribution in [0, 0.1) is 0 Å². The maximum Gasteiger partial charge on any atom is 0.337 e. The molecule has 0 saturated heterocycles. The fraction of sp³-hybridized carbons (Fsp3) is 0.214. The van der Waals surface area contributed by atoms with Gasteiger partial charge in [0.05, 0.1) is 6.54 Å². The monoisotopic (exact) mass is 290 g/mol. The van der Waals surface area contributed by atoms with Crippen LogP contribution in [-0.4, -0.2) is 39.2 Å². The first kappa shape index (κ1) is 14.7. The minimum absolute atomic E-state index is 0.261. The quantitative estimate of drug-likeness (QED) is 0.702. The lowest BCUT2D eigenvalue weighted by atomic mass is 10.1. The molecule has 1 amide bonds. The first-order chi connectivity index (χ1) is 9.88. The average Bonchev–Trinajstić information content (AvgIpc) is 2.85. The van der Waals surface area contributed by atoms with E-state index in [2.05, 4.69) is 10.3 Å². The molecule has 0 radical (unpaired) electrons. The Hall–Kier alpha value is -2.67. The van der Waals surface area contributed by atoms with Gasteiger partial charge < -0.3 is 19.9 Å². The lowest BCUT2D eigenvalue weighted by Gasteiger charge is -2.17. The molecule has 0 saturated carbocycles. The van der Waals surface area contributed by atoms with Gasteiger partial charge >= 0.3 is 5.97 Å². The summed E-state index contributed by atoms with van der Waals surface area (Å²) < 4.78 is 5.38. The van der Waals surface area contributed by atoms with Gasteiger partial charge in [-0.2, -0.15) is 0 Å². The average molecular weight is 290 g/mol. The predicted molar refractivity (Wildman–Crippen MR) is 74.3 cm³/mol. The van der Waals surface area contributed by atoms with E-state index in [0.29, 0.717) is 11.1 Å². The SMILES string of the molecule is CC(O)(CNC(=O)C=Cc1nc2ccccc2o1)C(=O)O. The Morgan fingerprint density at radius 3 is 2.81 bits per heavy atom. The van der Waals surface area contributed by atoms with Crippen molar-refractivity contribution < 1.29 is 24.2 Å². The zero-order chi connectivity index (χ0) is 15.5. The van der Waals surface area contributed by atoms with Gasteiger partial charge in [-0.05, 0) is 19.1 Å². The number of carbonyl (C=O) groups is 2. The summed E-state index contributed by atoms with van der Waals surface area (Å²) in [5.41, 5.74) is -0.737. The van der Waals surface area contributed by atoms with Gasteiger partial charge in [-0.25, -0.2) is 9.78 Å². The molecule has 2 rings (SSSR count). The normalized spacial score (nSPS) is 14.2. The second-order valence-electron chi connectivity index (χ2n) is 4.65. The van der Waals surface area contributed by atoms with Crippen molar-refractivity contribution in [1.29, 1.82) is 0 Å². The van der Waals surface area contributed by atoms with E-state index in [0.717, 1.165) is 13.0 Å². The van der Waals surface area contributed by atoms with Crippen molar-refractivity contribution in [2.24, 2.45) is 0 Å². The summed E-state index contributed by atoms with van der Waals surface area (Å²) in [4.78, 5) is 26.3. The van der Waals surface area contributed by atoms with Gasteiger partial charge in [0.25, 0.3) is 0 Å². The van der Waals surface area contributed by atoms with Gasteiger partial charge in [0, 0.05) is 12.2 Å². The van der Waals surface area contributed by atoms with Crippen molar-refractivity contribution in [1.82, 2.24) is 10.3 Å². The predicted octanol–water partition coefficient (Wildman–Crippen LogP) is 0.793. The van der Waals surface area contributed by atoms with Crippen LogP contribution in [0.1, 0.15) is 12.8 Å². The third-order valence-electron chi connectivity index (χ3n) is 2.76. The number of nitrogens with zero attached hydrogens (tertiary/aromatic N) is 1. The van der Waals surface area contributed by atoms with E-state index in [1.54, 1.807) is 12.1 Å². The molecule has 0 bridgehead atoms. The third-order valence-corrected chi connectivity index (χ3v) is 2.76. The maximum atomic E-state index is 11.5. The Morgan fingerprint density at radius 1 is 1.43 bits per heavy atom. The van der Waals surface area contributed by atoms with Crippen LogP contribution in [0.5, 0.6) is 0 Å². The first-order valence-electron chi connectivity index (χ1n) is 6.16. The van der Waals surface area contributed by atoms with E-state index in [9.17, 15) is 14.7 Å². The number of carboxylic acid groups (broad SMARTS) is 1. The van der Waals surface area contributed by atoms with E-state index in [-0.39, 0.29) is 5.89 Å². The van der Waals surface area contributed by atoms with E-state index in [1.807, 2.05) is 12.1 Å². The maximum absolute atomic E-state index is 11.5.